The maximum absolute atomic E-state index is 12.0. The largest absolute Gasteiger partial charge is 0.477 e. The Kier molecular flexibility index (Phi) is 3.40. The summed E-state index contributed by atoms with van der Waals surface area (Å²) in [6.07, 6.45) is 4.33. The van der Waals surface area contributed by atoms with E-state index >= 15 is 0 Å². The maximum Gasteiger partial charge on any atom is 0.352 e. The summed E-state index contributed by atoms with van der Waals surface area (Å²) in [4.78, 5) is 17.4. The average Bonchev–Trinajstić information content (AvgIpc) is 2.95. The quantitative estimate of drug-likeness (QED) is 0.710. The number of carboxylic acid groups (broad SMARTS) is 1. The van der Waals surface area contributed by atoms with Crippen LogP contribution in [0.25, 0.3) is 0 Å². The number of hydrogen-bond donors (Lipinski definition) is 3. The predicted molar refractivity (Wildman–Crippen MR) is 65.0 cm³/mol. The molecule has 2 aromatic rings. The third-order valence-electron chi connectivity index (χ3n) is 2.49. The molecule has 0 aliphatic rings. The van der Waals surface area contributed by atoms with Crippen molar-refractivity contribution in [3.8, 4) is 0 Å². The summed E-state index contributed by atoms with van der Waals surface area (Å²) in [7, 11) is -2.30. The van der Waals surface area contributed by atoms with Crippen molar-refractivity contribution in [2.45, 2.75) is 11.4 Å². The number of aromatic carboxylic acids is 1. The van der Waals surface area contributed by atoms with E-state index in [1.807, 2.05) is 0 Å². The van der Waals surface area contributed by atoms with Crippen LogP contribution >= 0.6 is 0 Å². The number of nitrogens with one attached hydrogen (secondary N) is 2. The topological polar surface area (TPSA) is 117 Å². The minimum Gasteiger partial charge on any atom is -0.477 e. The molecule has 0 atom stereocenters. The molecule has 0 amide bonds. The molecule has 0 aliphatic carbocycles. The number of carbonyl (C=O) groups is 1. The average molecular weight is 284 g/mol. The fraction of sp³-hybridized carbons (Fsp3) is 0.200. The van der Waals surface area contributed by atoms with Gasteiger partial charge in [-0.3, -0.25) is 0 Å². The van der Waals surface area contributed by atoms with Gasteiger partial charge in [0, 0.05) is 25.6 Å². The van der Waals surface area contributed by atoms with Gasteiger partial charge in [0.2, 0.25) is 10.0 Å². The standard InChI is InChI=1S/C10H12N4O4S/c1-14-6-7(4-8(14)10(15)16)19(17,18)13-5-9-11-2-3-12-9/h2-4,6,13H,5H2,1H3,(H,11,12)(H,15,16). The van der Waals surface area contributed by atoms with Crippen molar-refractivity contribution < 1.29 is 18.3 Å². The Labute approximate surface area is 109 Å². The molecule has 0 saturated carbocycles. The summed E-state index contributed by atoms with van der Waals surface area (Å²) < 4.78 is 27.5. The van der Waals surface area contributed by atoms with Crippen molar-refractivity contribution in [1.29, 1.82) is 0 Å². The fourth-order valence-corrected chi connectivity index (χ4v) is 2.59. The molecule has 0 bridgehead atoms. The van der Waals surface area contributed by atoms with Crippen LogP contribution in [0.1, 0.15) is 16.3 Å². The van der Waals surface area contributed by atoms with Gasteiger partial charge in [0.15, 0.2) is 0 Å². The first-order valence-corrected chi connectivity index (χ1v) is 6.76. The smallest absolute Gasteiger partial charge is 0.352 e. The molecule has 0 fully saturated rings. The van der Waals surface area contributed by atoms with Crippen molar-refractivity contribution in [2.75, 3.05) is 0 Å². The number of sulfonamides is 1. The molecule has 9 heteroatoms. The highest BCUT2D eigenvalue weighted by Crippen LogP contribution is 2.13. The molecule has 0 unspecified atom stereocenters. The van der Waals surface area contributed by atoms with Gasteiger partial charge in [-0.15, -0.1) is 0 Å². The summed E-state index contributed by atoms with van der Waals surface area (Å²) in [6, 6.07) is 1.10. The second-order valence-electron chi connectivity index (χ2n) is 3.84. The lowest BCUT2D eigenvalue weighted by Gasteiger charge is -2.02. The number of carboxylic acids is 1. The maximum atomic E-state index is 12.0. The van der Waals surface area contributed by atoms with E-state index in [0.29, 0.717) is 5.82 Å². The number of aromatic amines is 1. The van der Waals surface area contributed by atoms with E-state index < -0.39 is 16.0 Å². The molecule has 0 aliphatic heterocycles. The molecule has 0 spiro atoms. The first-order chi connectivity index (χ1) is 8.90. The van der Waals surface area contributed by atoms with Gasteiger partial charge in [0.1, 0.15) is 16.4 Å². The molecule has 102 valence electrons. The van der Waals surface area contributed by atoms with Gasteiger partial charge in [0.25, 0.3) is 0 Å². The molecule has 0 radical (unpaired) electrons. The van der Waals surface area contributed by atoms with Crippen LogP contribution in [0.4, 0.5) is 0 Å². The lowest BCUT2D eigenvalue weighted by molar-refractivity contribution is 0.0686. The third-order valence-corrected chi connectivity index (χ3v) is 3.86. The van der Waals surface area contributed by atoms with Gasteiger partial charge in [-0.05, 0) is 6.07 Å². The van der Waals surface area contributed by atoms with Gasteiger partial charge < -0.3 is 14.7 Å². The zero-order valence-corrected chi connectivity index (χ0v) is 10.8. The van der Waals surface area contributed by atoms with E-state index in [9.17, 15) is 13.2 Å². The molecule has 2 rings (SSSR count). The van der Waals surface area contributed by atoms with Crippen molar-refractivity contribution in [2.24, 2.45) is 7.05 Å². The molecule has 0 aromatic carbocycles. The van der Waals surface area contributed by atoms with E-state index in [0.717, 1.165) is 6.07 Å². The third kappa shape index (κ3) is 2.83. The Hall–Kier alpha value is -2.13. The number of H-pyrrole nitrogens is 1. The highest BCUT2D eigenvalue weighted by molar-refractivity contribution is 7.89. The Morgan fingerprint density at radius 3 is 2.84 bits per heavy atom. The second-order valence-corrected chi connectivity index (χ2v) is 5.60. The number of imidazole rings is 1. The number of aromatic nitrogens is 3. The molecule has 8 nitrogen and oxygen atoms in total. The van der Waals surface area contributed by atoms with Gasteiger partial charge in [-0.25, -0.2) is 22.9 Å². The van der Waals surface area contributed by atoms with Gasteiger partial charge >= 0.3 is 5.97 Å². The fourth-order valence-electron chi connectivity index (χ4n) is 1.54. The van der Waals surface area contributed by atoms with Crippen LogP contribution < -0.4 is 4.72 Å². The van der Waals surface area contributed by atoms with E-state index in [-0.39, 0.29) is 17.1 Å². The zero-order chi connectivity index (χ0) is 14.0. The summed E-state index contributed by atoms with van der Waals surface area (Å²) in [6.45, 7) is 0.00658. The van der Waals surface area contributed by atoms with Crippen molar-refractivity contribution >= 4 is 16.0 Å². The van der Waals surface area contributed by atoms with Crippen LogP contribution in [0, 0.1) is 0 Å². The van der Waals surface area contributed by atoms with Gasteiger partial charge in [-0.1, -0.05) is 0 Å². The highest BCUT2D eigenvalue weighted by Gasteiger charge is 2.20. The van der Waals surface area contributed by atoms with Crippen molar-refractivity contribution in [3.05, 3.63) is 36.2 Å². The molecule has 3 N–H and O–H groups in total. The monoisotopic (exact) mass is 284 g/mol. The lowest BCUT2D eigenvalue weighted by atomic mass is 10.4. The lowest BCUT2D eigenvalue weighted by Crippen LogP contribution is -2.23. The first kappa shape index (κ1) is 13.3. The highest BCUT2D eigenvalue weighted by atomic mass is 32.2. The number of nitrogens with zero attached hydrogens (tertiary/aromatic N) is 2. The summed E-state index contributed by atoms with van der Waals surface area (Å²) in [5.74, 6) is -0.715. The Morgan fingerprint density at radius 1 is 1.58 bits per heavy atom. The van der Waals surface area contributed by atoms with Crippen LogP contribution in [0.3, 0.4) is 0 Å². The van der Waals surface area contributed by atoms with E-state index in [2.05, 4.69) is 14.7 Å². The van der Waals surface area contributed by atoms with E-state index in [1.54, 1.807) is 6.20 Å². The molecule has 19 heavy (non-hydrogen) atoms. The number of aryl methyl sites for hydroxylation is 1. The van der Waals surface area contributed by atoms with Gasteiger partial charge in [-0.2, -0.15) is 0 Å². The molecular formula is C10H12N4O4S. The van der Waals surface area contributed by atoms with E-state index in [1.165, 1.54) is 24.0 Å². The normalized spacial score (nSPS) is 11.6. The van der Waals surface area contributed by atoms with Crippen LogP contribution in [0.2, 0.25) is 0 Å². The van der Waals surface area contributed by atoms with Crippen LogP contribution in [-0.2, 0) is 23.6 Å². The van der Waals surface area contributed by atoms with Crippen molar-refractivity contribution in [1.82, 2.24) is 19.3 Å². The SMILES string of the molecule is Cn1cc(S(=O)(=O)NCc2ncc[nH]2)cc1C(=O)O. The molecule has 2 aromatic heterocycles. The molecular weight excluding hydrogens is 272 g/mol. The molecule has 0 saturated heterocycles. The summed E-state index contributed by atoms with van der Waals surface area (Å²) >= 11 is 0. The number of rotatable bonds is 5. The zero-order valence-electron chi connectivity index (χ0n) is 9.99. The summed E-state index contributed by atoms with van der Waals surface area (Å²) in [5, 5.41) is 8.87. The minimum absolute atomic E-state index is 0.00658. The Balaban J connectivity index is 2.20. The predicted octanol–water partition coefficient (Wildman–Crippen LogP) is -0.0751. The first-order valence-electron chi connectivity index (χ1n) is 5.28. The second kappa shape index (κ2) is 4.86. The van der Waals surface area contributed by atoms with Crippen LogP contribution in [0.5, 0.6) is 0 Å². The Morgan fingerprint density at radius 2 is 2.32 bits per heavy atom. The summed E-state index contributed by atoms with van der Waals surface area (Å²) in [5.41, 5.74) is -0.0987. The van der Waals surface area contributed by atoms with Gasteiger partial charge in [0.05, 0.1) is 6.54 Å². The van der Waals surface area contributed by atoms with E-state index in [4.69, 9.17) is 5.11 Å². The van der Waals surface area contributed by atoms with Crippen LogP contribution in [-0.4, -0.2) is 34.0 Å². The molecule has 2 heterocycles. The Bertz CT molecular complexity index is 687. The minimum atomic E-state index is -3.77. The number of hydrogen-bond acceptors (Lipinski definition) is 4. The van der Waals surface area contributed by atoms with Crippen molar-refractivity contribution in [3.63, 3.8) is 0 Å². The van der Waals surface area contributed by atoms with Crippen LogP contribution in [0.15, 0.2) is 29.6 Å².